The zero-order valence-corrected chi connectivity index (χ0v) is 9.13. The molecule has 0 saturated carbocycles. The lowest BCUT2D eigenvalue weighted by Gasteiger charge is -2.31. The van der Waals surface area contributed by atoms with Gasteiger partial charge < -0.3 is 15.4 Å². The summed E-state index contributed by atoms with van der Waals surface area (Å²) in [6.07, 6.45) is 0. The number of nitrogens with two attached hydrogens (primary N) is 1. The molecule has 4 heteroatoms. The molecule has 0 aromatic carbocycles. The van der Waals surface area contributed by atoms with E-state index >= 15 is 0 Å². The molecule has 0 aromatic rings. The van der Waals surface area contributed by atoms with E-state index in [0.29, 0.717) is 6.54 Å². The lowest BCUT2D eigenvalue weighted by molar-refractivity contribution is -0.151. The monoisotopic (exact) mass is 188 g/mol. The highest BCUT2D eigenvalue weighted by Crippen LogP contribution is 2.12. The van der Waals surface area contributed by atoms with Gasteiger partial charge in [-0.3, -0.25) is 4.79 Å². The fourth-order valence-electron chi connectivity index (χ4n) is 0.870. The van der Waals surface area contributed by atoms with E-state index in [-0.39, 0.29) is 11.9 Å². The van der Waals surface area contributed by atoms with Crippen molar-refractivity contribution in [1.29, 1.82) is 0 Å². The van der Waals surface area contributed by atoms with Crippen molar-refractivity contribution in [3.8, 4) is 0 Å². The van der Waals surface area contributed by atoms with Crippen LogP contribution >= 0.6 is 0 Å². The number of ether oxygens (including phenoxy) is 1. The highest BCUT2D eigenvalue weighted by Gasteiger charge is 2.31. The molecule has 4 nitrogen and oxygen atoms in total. The van der Waals surface area contributed by atoms with Crippen LogP contribution in [0.5, 0.6) is 0 Å². The van der Waals surface area contributed by atoms with E-state index in [1.54, 1.807) is 25.8 Å². The summed E-state index contributed by atoms with van der Waals surface area (Å²) in [7, 11) is 3.26. The fraction of sp³-hybridized carbons (Fsp3) is 0.889. The fourth-order valence-corrected chi connectivity index (χ4v) is 0.870. The summed E-state index contributed by atoms with van der Waals surface area (Å²) in [5, 5.41) is 0. The minimum atomic E-state index is -0.766. The zero-order valence-electron chi connectivity index (χ0n) is 9.13. The maximum atomic E-state index is 11.7. The first kappa shape index (κ1) is 12.4. The molecule has 0 radical (unpaired) electrons. The number of carbonyl (C=O) groups is 1. The van der Waals surface area contributed by atoms with Gasteiger partial charge in [0.25, 0.3) is 5.91 Å². The molecule has 13 heavy (non-hydrogen) atoms. The number of amides is 1. The highest BCUT2D eigenvalue weighted by molar-refractivity contribution is 5.84. The van der Waals surface area contributed by atoms with Gasteiger partial charge in [-0.25, -0.2) is 0 Å². The van der Waals surface area contributed by atoms with Crippen molar-refractivity contribution in [2.24, 2.45) is 5.73 Å². The lowest BCUT2D eigenvalue weighted by atomic mass is 10.1. The molecule has 0 aromatic heterocycles. The quantitative estimate of drug-likeness (QED) is 0.686. The Labute approximate surface area is 80.0 Å². The molecule has 1 amide bonds. The van der Waals surface area contributed by atoms with E-state index in [0.717, 1.165) is 0 Å². The number of likely N-dealkylation sites (N-methyl/N-ethyl adjacent to an activating group) is 1. The molecule has 1 atom stereocenters. The van der Waals surface area contributed by atoms with Crippen molar-refractivity contribution >= 4 is 5.91 Å². The molecular weight excluding hydrogens is 168 g/mol. The molecule has 78 valence electrons. The summed E-state index contributed by atoms with van der Waals surface area (Å²) >= 11 is 0. The summed E-state index contributed by atoms with van der Waals surface area (Å²) in [6.45, 7) is 5.86. The number of nitrogens with zero attached hydrogens (tertiary/aromatic N) is 1. The van der Waals surface area contributed by atoms with E-state index in [4.69, 9.17) is 10.5 Å². The molecule has 0 saturated heterocycles. The average Bonchev–Trinajstić information content (AvgIpc) is 2.14. The maximum absolute atomic E-state index is 11.7. The predicted octanol–water partition coefficient (Wildman–Crippen LogP) is 0.217. The van der Waals surface area contributed by atoms with Gasteiger partial charge in [0.1, 0.15) is 5.60 Å². The highest BCUT2D eigenvalue weighted by atomic mass is 16.5. The third kappa shape index (κ3) is 2.97. The van der Waals surface area contributed by atoms with E-state index < -0.39 is 5.60 Å². The number of carbonyl (C=O) groups excluding carboxylic acids is 1. The minimum absolute atomic E-state index is 0.0434. The first-order chi connectivity index (χ1) is 5.86. The second-order valence-electron chi connectivity index (χ2n) is 3.72. The van der Waals surface area contributed by atoms with Gasteiger partial charge >= 0.3 is 0 Å². The van der Waals surface area contributed by atoms with Crippen LogP contribution in [0, 0.1) is 0 Å². The molecule has 2 N–H and O–H groups in total. The van der Waals surface area contributed by atoms with Crippen LogP contribution in [0.1, 0.15) is 20.8 Å². The molecule has 0 rings (SSSR count). The largest absolute Gasteiger partial charge is 0.369 e. The third-order valence-corrected chi connectivity index (χ3v) is 2.35. The van der Waals surface area contributed by atoms with Crippen LogP contribution in [0.4, 0.5) is 0 Å². The van der Waals surface area contributed by atoms with E-state index in [9.17, 15) is 4.79 Å². The summed E-state index contributed by atoms with van der Waals surface area (Å²) < 4.78 is 5.08. The Kier molecular flexibility index (Phi) is 4.36. The van der Waals surface area contributed by atoms with Crippen LogP contribution in [0.25, 0.3) is 0 Å². The summed E-state index contributed by atoms with van der Waals surface area (Å²) in [5.74, 6) is -0.0482. The molecule has 0 bridgehead atoms. The standard InChI is InChI=1S/C9H20N2O2/c1-7(6-10)11(4)8(12)9(2,3)13-5/h7H,6,10H2,1-5H3. The van der Waals surface area contributed by atoms with Crippen LogP contribution in [-0.4, -0.2) is 43.2 Å². The Morgan fingerprint density at radius 1 is 1.62 bits per heavy atom. The van der Waals surface area contributed by atoms with Crippen LogP contribution in [0.2, 0.25) is 0 Å². The van der Waals surface area contributed by atoms with Gasteiger partial charge in [0.2, 0.25) is 0 Å². The Morgan fingerprint density at radius 2 is 2.08 bits per heavy atom. The van der Waals surface area contributed by atoms with Crippen LogP contribution in [0.3, 0.4) is 0 Å². The molecule has 0 spiro atoms. The Hall–Kier alpha value is -0.610. The van der Waals surface area contributed by atoms with Crippen LogP contribution in [-0.2, 0) is 9.53 Å². The first-order valence-corrected chi connectivity index (χ1v) is 4.39. The normalized spacial score (nSPS) is 14.0. The number of hydrogen-bond donors (Lipinski definition) is 1. The lowest BCUT2D eigenvalue weighted by Crippen LogP contribution is -2.49. The number of methoxy groups -OCH3 is 1. The smallest absolute Gasteiger partial charge is 0.254 e. The van der Waals surface area contributed by atoms with Crippen molar-refractivity contribution in [2.75, 3.05) is 20.7 Å². The summed E-state index contributed by atoms with van der Waals surface area (Å²) in [6, 6.07) is 0.0434. The van der Waals surface area contributed by atoms with Gasteiger partial charge in [-0.2, -0.15) is 0 Å². The van der Waals surface area contributed by atoms with Gasteiger partial charge in [0, 0.05) is 26.7 Å². The van der Waals surface area contributed by atoms with Crippen molar-refractivity contribution in [3.05, 3.63) is 0 Å². The molecule has 0 heterocycles. The molecule has 0 fully saturated rings. The van der Waals surface area contributed by atoms with E-state index in [1.165, 1.54) is 7.11 Å². The zero-order chi connectivity index (χ0) is 10.6. The Bertz CT molecular complexity index is 180. The number of rotatable bonds is 4. The van der Waals surface area contributed by atoms with E-state index in [1.807, 2.05) is 6.92 Å². The molecule has 0 aliphatic rings. The average molecular weight is 188 g/mol. The minimum Gasteiger partial charge on any atom is -0.369 e. The van der Waals surface area contributed by atoms with Crippen molar-refractivity contribution in [3.63, 3.8) is 0 Å². The van der Waals surface area contributed by atoms with Crippen molar-refractivity contribution < 1.29 is 9.53 Å². The second kappa shape index (κ2) is 4.58. The van der Waals surface area contributed by atoms with Gasteiger partial charge in [-0.1, -0.05) is 0 Å². The topological polar surface area (TPSA) is 55.6 Å². The second-order valence-corrected chi connectivity index (χ2v) is 3.72. The Morgan fingerprint density at radius 3 is 2.38 bits per heavy atom. The first-order valence-electron chi connectivity index (χ1n) is 4.39. The number of hydrogen-bond acceptors (Lipinski definition) is 3. The van der Waals surface area contributed by atoms with Crippen molar-refractivity contribution in [2.45, 2.75) is 32.4 Å². The maximum Gasteiger partial charge on any atom is 0.254 e. The molecule has 0 aliphatic carbocycles. The predicted molar refractivity (Wildman–Crippen MR) is 52.4 cm³/mol. The van der Waals surface area contributed by atoms with Crippen LogP contribution < -0.4 is 5.73 Å². The van der Waals surface area contributed by atoms with Gasteiger partial charge in [-0.15, -0.1) is 0 Å². The SMILES string of the molecule is COC(C)(C)C(=O)N(C)C(C)CN. The van der Waals surface area contributed by atoms with E-state index in [2.05, 4.69) is 0 Å². The molecule has 0 aliphatic heterocycles. The third-order valence-electron chi connectivity index (χ3n) is 2.35. The molecule has 1 unspecified atom stereocenters. The van der Waals surface area contributed by atoms with Crippen molar-refractivity contribution in [1.82, 2.24) is 4.90 Å². The summed E-state index contributed by atoms with van der Waals surface area (Å²) in [4.78, 5) is 13.4. The van der Waals surface area contributed by atoms with Crippen LogP contribution in [0.15, 0.2) is 0 Å². The van der Waals surface area contributed by atoms with Gasteiger partial charge in [0.15, 0.2) is 0 Å². The summed E-state index contributed by atoms with van der Waals surface area (Å²) in [5.41, 5.74) is 4.70. The Balaban J connectivity index is 4.42. The molecular formula is C9H20N2O2. The van der Waals surface area contributed by atoms with Gasteiger partial charge in [0.05, 0.1) is 0 Å². The van der Waals surface area contributed by atoms with Gasteiger partial charge in [-0.05, 0) is 20.8 Å².